The molecule has 4 nitrogen and oxygen atoms in total. The van der Waals surface area contributed by atoms with E-state index in [9.17, 15) is 4.79 Å². The highest BCUT2D eigenvalue weighted by molar-refractivity contribution is 8.00. The fourth-order valence-electron chi connectivity index (χ4n) is 2.68. The average Bonchev–Trinajstić information content (AvgIpc) is 2.96. The number of ether oxygens (including phenoxy) is 2. The van der Waals surface area contributed by atoms with E-state index >= 15 is 0 Å². The Hall–Kier alpha value is -2.14. The predicted molar refractivity (Wildman–Crippen MR) is 91.7 cm³/mol. The van der Waals surface area contributed by atoms with Gasteiger partial charge in [-0.25, -0.2) is 0 Å². The average molecular weight is 329 g/mol. The summed E-state index contributed by atoms with van der Waals surface area (Å²) < 4.78 is 10.6. The highest BCUT2D eigenvalue weighted by Gasteiger charge is 2.34. The molecule has 1 aliphatic heterocycles. The fourth-order valence-corrected chi connectivity index (χ4v) is 3.89. The van der Waals surface area contributed by atoms with E-state index in [-0.39, 0.29) is 11.3 Å². The van der Waals surface area contributed by atoms with Crippen LogP contribution in [-0.2, 0) is 11.3 Å². The van der Waals surface area contributed by atoms with Gasteiger partial charge in [-0.3, -0.25) is 4.79 Å². The van der Waals surface area contributed by atoms with Gasteiger partial charge in [0.25, 0.3) is 0 Å². The first kappa shape index (κ1) is 15.7. The van der Waals surface area contributed by atoms with E-state index in [0.717, 1.165) is 22.6 Å². The zero-order chi connectivity index (χ0) is 16.2. The maximum atomic E-state index is 12.3. The Kier molecular flexibility index (Phi) is 4.76. The molecule has 5 heteroatoms. The molecule has 0 unspecified atom stereocenters. The van der Waals surface area contributed by atoms with Crippen LogP contribution in [0.5, 0.6) is 11.5 Å². The van der Waals surface area contributed by atoms with Gasteiger partial charge < -0.3 is 14.4 Å². The molecule has 0 aliphatic carbocycles. The van der Waals surface area contributed by atoms with E-state index in [1.165, 1.54) is 0 Å². The highest BCUT2D eigenvalue weighted by Crippen LogP contribution is 2.43. The van der Waals surface area contributed by atoms with Gasteiger partial charge in [-0.2, -0.15) is 0 Å². The Balaban J connectivity index is 1.84. The Labute approximate surface area is 140 Å². The first-order valence-corrected chi connectivity index (χ1v) is 8.44. The van der Waals surface area contributed by atoms with Crippen LogP contribution in [0.15, 0.2) is 48.5 Å². The fraction of sp³-hybridized carbons (Fsp3) is 0.278. The van der Waals surface area contributed by atoms with Crippen LogP contribution in [0.25, 0.3) is 0 Å². The van der Waals surface area contributed by atoms with Gasteiger partial charge in [0.1, 0.15) is 16.9 Å². The molecule has 2 aromatic carbocycles. The number of amides is 1. The van der Waals surface area contributed by atoms with Gasteiger partial charge in [0.05, 0.1) is 20.0 Å². The molecule has 3 rings (SSSR count). The lowest BCUT2D eigenvalue weighted by molar-refractivity contribution is -0.128. The van der Waals surface area contributed by atoms with Crippen LogP contribution in [-0.4, -0.2) is 30.8 Å². The molecule has 120 valence electrons. The predicted octanol–water partition coefficient (Wildman–Crippen LogP) is 3.48. The Morgan fingerprint density at radius 1 is 1.09 bits per heavy atom. The number of thioether (sulfide) groups is 1. The van der Waals surface area contributed by atoms with Gasteiger partial charge in [0, 0.05) is 12.1 Å². The molecule has 1 fully saturated rings. The van der Waals surface area contributed by atoms with Crippen LogP contribution in [0.1, 0.15) is 16.5 Å². The van der Waals surface area contributed by atoms with E-state index in [2.05, 4.69) is 0 Å². The summed E-state index contributed by atoms with van der Waals surface area (Å²) in [6.07, 6.45) is 0. The molecule has 0 N–H and O–H groups in total. The number of nitrogens with zero attached hydrogens (tertiary/aromatic N) is 1. The van der Waals surface area contributed by atoms with Crippen LogP contribution in [0.3, 0.4) is 0 Å². The Bertz CT molecular complexity index is 687. The van der Waals surface area contributed by atoms with Crippen molar-refractivity contribution in [2.45, 2.75) is 11.9 Å². The zero-order valence-corrected chi connectivity index (χ0v) is 14.0. The normalized spacial score (nSPS) is 17.4. The minimum Gasteiger partial charge on any atom is -0.497 e. The molecule has 0 aromatic heterocycles. The summed E-state index contributed by atoms with van der Waals surface area (Å²) in [4.78, 5) is 14.2. The zero-order valence-electron chi connectivity index (χ0n) is 13.2. The van der Waals surface area contributed by atoms with Crippen molar-refractivity contribution in [2.24, 2.45) is 0 Å². The Morgan fingerprint density at radius 2 is 1.83 bits per heavy atom. The number of benzene rings is 2. The second-order valence-electron chi connectivity index (χ2n) is 5.28. The number of hydrogen-bond donors (Lipinski definition) is 0. The quantitative estimate of drug-likeness (QED) is 0.842. The van der Waals surface area contributed by atoms with Gasteiger partial charge >= 0.3 is 0 Å². The first-order valence-electron chi connectivity index (χ1n) is 7.40. The van der Waals surface area contributed by atoms with Gasteiger partial charge in [0.15, 0.2) is 0 Å². The molecular formula is C18H19NO3S. The summed E-state index contributed by atoms with van der Waals surface area (Å²) in [6, 6.07) is 15.7. The van der Waals surface area contributed by atoms with Crippen molar-refractivity contribution in [2.75, 3.05) is 20.0 Å². The summed E-state index contributed by atoms with van der Waals surface area (Å²) in [7, 11) is 3.31. The summed E-state index contributed by atoms with van der Waals surface area (Å²) in [5.41, 5.74) is 2.13. The van der Waals surface area contributed by atoms with Crippen molar-refractivity contribution in [1.82, 2.24) is 4.90 Å². The van der Waals surface area contributed by atoms with Gasteiger partial charge in [-0.1, -0.05) is 30.3 Å². The lowest BCUT2D eigenvalue weighted by atomic mass is 10.1. The molecule has 2 aromatic rings. The van der Waals surface area contributed by atoms with E-state index in [0.29, 0.717) is 12.3 Å². The van der Waals surface area contributed by atoms with E-state index in [1.807, 2.05) is 53.4 Å². The van der Waals surface area contributed by atoms with E-state index in [4.69, 9.17) is 9.47 Å². The summed E-state index contributed by atoms with van der Waals surface area (Å²) in [5, 5.41) is -0.0132. The number of para-hydroxylation sites is 1. The maximum absolute atomic E-state index is 12.3. The monoisotopic (exact) mass is 329 g/mol. The van der Waals surface area contributed by atoms with E-state index < -0.39 is 0 Å². The molecular weight excluding hydrogens is 310 g/mol. The molecule has 1 aliphatic rings. The number of rotatable bonds is 5. The number of methoxy groups -OCH3 is 2. The van der Waals surface area contributed by atoms with Crippen LogP contribution in [0, 0.1) is 0 Å². The van der Waals surface area contributed by atoms with Crippen molar-refractivity contribution >= 4 is 17.7 Å². The summed E-state index contributed by atoms with van der Waals surface area (Å²) in [5.74, 6) is 2.29. The Morgan fingerprint density at radius 3 is 2.52 bits per heavy atom. The van der Waals surface area contributed by atoms with Crippen molar-refractivity contribution in [1.29, 1.82) is 0 Å². The molecule has 23 heavy (non-hydrogen) atoms. The SMILES string of the molecule is COc1ccc(CN2C(=O)CS[C@H]2c2ccccc2OC)cc1. The van der Waals surface area contributed by atoms with Crippen LogP contribution in [0.4, 0.5) is 0 Å². The number of carbonyl (C=O) groups is 1. The standard InChI is InChI=1S/C18H19NO3S/c1-21-14-9-7-13(8-10-14)11-19-17(20)12-23-18(19)15-5-3-4-6-16(15)22-2/h3-10,18H,11-12H2,1-2H3/t18-/m0/s1. The molecule has 0 bridgehead atoms. The maximum Gasteiger partial charge on any atom is 0.234 e. The van der Waals surface area contributed by atoms with Crippen molar-refractivity contribution < 1.29 is 14.3 Å². The van der Waals surface area contributed by atoms with Gasteiger partial charge in [0.2, 0.25) is 5.91 Å². The summed E-state index contributed by atoms with van der Waals surface area (Å²) >= 11 is 1.64. The number of carbonyl (C=O) groups excluding carboxylic acids is 1. The van der Waals surface area contributed by atoms with E-state index in [1.54, 1.807) is 26.0 Å². The van der Waals surface area contributed by atoms with Crippen molar-refractivity contribution in [3.05, 3.63) is 59.7 Å². The second kappa shape index (κ2) is 6.96. The van der Waals surface area contributed by atoms with Crippen molar-refractivity contribution in [3.8, 4) is 11.5 Å². The third-order valence-corrected chi connectivity index (χ3v) is 5.12. The molecule has 1 atom stereocenters. The number of hydrogen-bond acceptors (Lipinski definition) is 4. The molecule has 0 spiro atoms. The lowest BCUT2D eigenvalue weighted by Crippen LogP contribution is -2.27. The summed E-state index contributed by atoms with van der Waals surface area (Å²) in [6.45, 7) is 0.582. The third kappa shape index (κ3) is 3.29. The molecule has 0 radical (unpaired) electrons. The molecule has 1 saturated heterocycles. The van der Waals surface area contributed by atoms with Gasteiger partial charge in [-0.05, 0) is 23.8 Å². The van der Waals surface area contributed by atoms with Crippen LogP contribution < -0.4 is 9.47 Å². The second-order valence-corrected chi connectivity index (χ2v) is 6.34. The minimum atomic E-state index is -0.0132. The molecule has 0 saturated carbocycles. The molecule has 1 amide bonds. The van der Waals surface area contributed by atoms with Crippen LogP contribution in [0.2, 0.25) is 0 Å². The van der Waals surface area contributed by atoms with Gasteiger partial charge in [-0.15, -0.1) is 11.8 Å². The molecule has 1 heterocycles. The van der Waals surface area contributed by atoms with Crippen LogP contribution >= 0.6 is 11.8 Å². The largest absolute Gasteiger partial charge is 0.497 e. The minimum absolute atomic E-state index is 0.0132. The third-order valence-electron chi connectivity index (χ3n) is 3.89. The topological polar surface area (TPSA) is 38.8 Å². The smallest absolute Gasteiger partial charge is 0.234 e. The highest BCUT2D eigenvalue weighted by atomic mass is 32.2. The van der Waals surface area contributed by atoms with Crippen molar-refractivity contribution in [3.63, 3.8) is 0 Å². The lowest BCUT2D eigenvalue weighted by Gasteiger charge is -2.25. The first-order chi connectivity index (χ1) is 11.2.